The van der Waals surface area contributed by atoms with E-state index in [0.717, 1.165) is 18.8 Å². The molecule has 7 atom stereocenters. The molecule has 0 aromatic carbocycles. The van der Waals surface area contributed by atoms with Gasteiger partial charge in [0, 0.05) is 24.3 Å². The Balaban J connectivity index is 1.26. The lowest BCUT2D eigenvalue weighted by Gasteiger charge is -2.58. The molecule has 0 unspecified atom stereocenters. The Bertz CT molecular complexity index is 932. The topological polar surface area (TPSA) is 92.4 Å². The Hall–Kier alpha value is -1.93. The summed E-state index contributed by atoms with van der Waals surface area (Å²) in [7, 11) is 1.58. The average molecular weight is 459 g/mol. The van der Waals surface area contributed by atoms with Crippen molar-refractivity contribution >= 4 is 28.3 Å². The highest BCUT2D eigenvalue weighted by Crippen LogP contribution is 2.65. The number of nitrogens with zero attached hydrogens (tertiary/aromatic N) is 1. The van der Waals surface area contributed by atoms with Crippen molar-refractivity contribution in [2.75, 3.05) is 12.4 Å². The van der Waals surface area contributed by atoms with Crippen LogP contribution in [0.4, 0.5) is 5.13 Å². The van der Waals surface area contributed by atoms with Gasteiger partial charge in [0.1, 0.15) is 12.0 Å². The fourth-order valence-electron chi connectivity index (χ4n) is 7.52. The van der Waals surface area contributed by atoms with Gasteiger partial charge in [-0.05, 0) is 73.7 Å². The summed E-state index contributed by atoms with van der Waals surface area (Å²) in [6.45, 7) is 4.85. The van der Waals surface area contributed by atoms with Gasteiger partial charge in [-0.1, -0.05) is 13.8 Å². The molecule has 0 bridgehead atoms. The van der Waals surface area contributed by atoms with E-state index in [2.05, 4.69) is 41.0 Å². The lowest BCUT2D eigenvalue weighted by atomic mass is 9.48. The maximum Gasteiger partial charge on any atom is 0.270 e. The van der Waals surface area contributed by atoms with Gasteiger partial charge in [0.25, 0.3) is 5.91 Å². The van der Waals surface area contributed by atoms with Crippen molar-refractivity contribution in [1.82, 2.24) is 15.8 Å². The number of hydrogen-bond donors (Lipinski definition) is 3. The molecule has 0 saturated heterocycles. The second-order valence-corrected chi connectivity index (χ2v) is 11.5. The number of aromatic nitrogens is 1. The summed E-state index contributed by atoms with van der Waals surface area (Å²) in [5, 5.41) is 7.68. The van der Waals surface area contributed by atoms with Crippen LogP contribution in [-0.2, 0) is 9.63 Å². The first-order valence-electron chi connectivity index (χ1n) is 11.9. The van der Waals surface area contributed by atoms with E-state index in [1.807, 2.05) is 6.26 Å². The van der Waals surface area contributed by atoms with E-state index < -0.39 is 0 Å². The van der Waals surface area contributed by atoms with Crippen molar-refractivity contribution in [3.8, 4) is 0 Å². The van der Waals surface area contributed by atoms with Crippen LogP contribution in [0.15, 0.2) is 17.7 Å². The molecule has 3 aliphatic carbocycles. The second-order valence-electron chi connectivity index (χ2n) is 10.6. The van der Waals surface area contributed by atoms with Crippen LogP contribution < -0.4 is 16.1 Å². The van der Waals surface area contributed by atoms with E-state index in [4.69, 9.17) is 4.84 Å². The highest BCUT2D eigenvalue weighted by atomic mass is 32.1. The molecule has 3 saturated carbocycles. The van der Waals surface area contributed by atoms with Gasteiger partial charge in [0.2, 0.25) is 5.91 Å². The number of rotatable bonds is 4. The standard InChI is InChI=1S/C24H34N4O3S/c1-23-9-8-17-15(5-7-19-24(17,2)10-11-31-28-19)16(23)6-4-14(23)12-20(29)27-22-26-18(13-32-22)21(30)25-3/h10-11,13-17,19,28H,4-9,12H2,1-3H3,(H,25,30)(H,26,27,29)/t14-,15+,16+,17+,19-,23-,24-/m1/s1. The fraction of sp³-hybridized carbons (Fsp3) is 0.708. The summed E-state index contributed by atoms with van der Waals surface area (Å²) in [5.74, 6) is 2.28. The van der Waals surface area contributed by atoms with Gasteiger partial charge >= 0.3 is 0 Å². The molecule has 1 aliphatic heterocycles. The summed E-state index contributed by atoms with van der Waals surface area (Å²) in [5.41, 5.74) is 3.99. The van der Waals surface area contributed by atoms with Crippen LogP contribution in [0.2, 0.25) is 0 Å². The maximum atomic E-state index is 12.9. The summed E-state index contributed by atoms with van der Waals surface area (Å²) in [6.07, 6.45) is 11.8. The molecule has 1 aromatic rings. The van der Waals surface area contributed by atoms with Gasteiger partial charge in [-0.2, -0.15) is 5.48 Å². The fourth-order valence-corrected chi connectivity index (χ4v) is 8.23. The molecule has 4 aliphatic rings. The Labute approximate surface area is 193 Å². The average Bonchev–Trinajstić information content (AvgIpc) is 3.37. The molecule has 32 heavy (non-hydrogen) atoms. The van der Waals surface area contributed by atoms with Crippen molar-refractivity contribution in [3.63, 3.8) is 0 Å². The molecule has 0 radical (unpaired) electrons. The van der Waals surface area contributed by atoms with Gasteiger partial charge in [0.15, 0.2) is 5.13 Å². The SMILES string of the molecule is CNC(=O)c1csc(NC(=O)C[C@H]2CC[C@H]3[C@@H]4CC[C@H]5NOC=C[C@]5(C)[C@H]4CC[C@]23C)n1. The Morgan fingerprint density at radius 3 is 2.88 bits per heavy atom. The second kappa shape index (κ2) is 8.13. The number of anilines is 1. The van der Waals surface area contributed by atoms with Crippen LogP contribution in [0.25, 0.3) is 0 Å². The summed E-state index contributed by atoms with van der Waals surface area (Å²) in [6, 6.07) is 0.402. The summed E-state index contributed by atoms with van der Waals surface area (Å²) in [4.78, 5) is 34.3. The van der Waals surface area contributed by atoms with Crippen LogP contribution in [0.5, 0.6) is 0 Å². The normalized spacial score (nSPS) is 39.9. The Kier molecular flexibility index (Phi) is 5.56. The lowest BCUT2D eigenvalue weighted by molar-refractivity contribution is -0.120. The zero-order valence-electron chi connectivity index (χ0n) is 19.1. The third kappa shape index (κ3) is 3.46. The van der Waals surface area contributed by atoms with Crippen molar-refractivity contribution in [2.24, 2.45) is 34.5 Å². The predicted octanol–water partition coefficient (Wildman–Crippen LogP) is 4.11. The quantitative estimate of drug-likeness (QED) is 0.632. The predicted molar refractivity (Wildman–Crippen MR) is 124 cm³/mol. The van der Waals surface area contributed by atoms with Gasteiger partial charge in [0.05, 0.1) is 6.04 Å². The van der Waals surface area contributed by atoms with Gasteiger partial charge in [-0.15, -0.1) is 11.3 Å². The molecule has 1 aromatic heterocycles. The molecule has 174 valence electrons. The molecular weight excluding hydrogens is 424 g/mol. The van der Waals surface area contributed by atoms with Crippen LogP contribution in [0.3, 0.4) is 0 Å². The molecule has 5 rings (SSSR count). The number of amides is 2. The van der Waals surface area contributed by atoms with Gasteiger partial charge in [-0.3, -0.25) is 9.59 Å². The number of hydrogen-bond acceptors (Lipinski definition) is 6. The highest BCUT2D eigenvalue weighted by molar-refractivity contribution is 7.14. The van der Waals surface area contributed by atoms with Crippen molar-refractivity contribution < 1.29 is 14.4 Å². The Morgan fingerprint density at radius 1 is 1.22 bits per heavy atom. The van der Waals surface area contributed by atoms with Gasteiger partial charge in [-0.25, -0.2) is 4.98 Å². The van der Waals surface area contributed by atoms with E-state index in [0.29, 0.717) is 41.0 Å². The summed E-state index contributed by atoms with van der Waals surface area (Å²) < 4.78 is 0. The largest absolute Gasteiger partial charge is 0.417 e. The monoisotopic (exact) mass is 458 g/mol. The van der Waals surface area contributed by atoms with E-state index in [9.17, 15) is 9.59 Å². The number of carbonyl (C=O) groups is 2. The van der Waals surface area contributed by atoms with Crippen LogP contribution in [0.1, 0.15) is 69.3 Å². The van der Waals surface area contributed by atoms with E-state index in [-0.39, 0.29) is 22.6 Å². The smallest absolute Gasteiger partial charge is 0.270 e. The number of carbonyl (C=O) groups excluding carboxylic acids is 2. The van der Waals surface area contributed by atoms with Crippen LogP contribution >= 0.6 is 11.3 Å². The third-order valence-electron chi connectivity index (χ3n) is 9.32. The minimum absolute atomic E-state index is 0.0176. The molecule has 0 spiro atoms. The zero-order chi connectivity index (χ0) is 22.5. The Morgan fingerprint density at radius 2 is 2.06 bits per heavy atom. The van der Waals surface area contributed by atoms with E-state index in [1.54, 1.807) is 12.4 Å². The third-order valence-corrected chi connectivity index (χ3v) is 10.1. The minimum Gasteiger partial charge on any atom is -0.417 e. The van der Waals surface area contributed by atoms with Crippen LogP contribution in [0, 0.1) is 34.5 Å². The highest BCUT2D eigenvalue weighted by Gasteiger charge is 2.59. The van der Waals surface area contributed by atoms with Gasteiger partial charge < -0.3 is 15.5 Å². The van der Waals surface area contributed by atoms with Crippen LogP contribution in [-0.4, -0.2) is 29.9 Å². The van der Waals surface area contributed by atoms with Crippen molar-refractivity contribution in [2.45, 2.75) is 64.8 Å². The number of hydroxylamine groups is 1. The van der Waals surface area contributed by atoms with Crippen molar-refractivity contribution in [1.29, 1.82) is 0 Å². The molecule has 3 fully saturated rings. The van der Waals surface area contributed by atoms with E-state index in [1.165, 1.54) is 37.0 Å². The molecular formula is C24H34N4O3S. The molecule has 7 nitrogen and oxygen atoms in total. The van der Waals surface area contributed by atoms with E-state index >= 15 is 0 Å². The molecule has 8 heteroatoms. The maximum absolute atomic E-state index is 12.9. The number of nitrogens with one attached hydrogen (secondary N) is 3. The first kappa shape index (κ1) is 21.9. The molecule has 3 N–H and O–H groups in total. The van der Waals surface area contributed by atoms with Crippen molar-refractivity contribution in [3.05, 3.63) is 23.4 Å². The first-order chi connectivity index (χ1) is 15.3. The lowest BCUT2D eigenvalue weighted by Crippen LogP contribution is -2.57. The number of thiazole rings is 1. The molecule has 2 amide bonds. The number of fused-ring (bicyclic) bond motifs is 5. The summed E-state index contributed by atoms with van der Waals surface area (Å²) >= 11 is 1.30. The molecule has 2 heterocycles. The first-order valence-corrected chi connectivity index (χ1v) is 12.8. The minimum atomic E-state index is -0.234. The zero-order valence-corrected chi connectivity index (χ0v) is 20.0.